The van der Waals surface area contributed by atoms with Gasteiger partial charge in [0.05, 0.1) is 12.7 Å². The number of azide groups is 1. The van der Waals surface area contributed by atoms with Gasteiger partial charge in [0.25, 0.3) is 5.91 Å². The summed E-state index contributed by atoms with van der Waals surface area (Å²) in [6.07, 6.45) is 0.508. The van der Waals surface area contributed by atoms with Crippen LogP contribution in [0.4, 0.5) is 4.39 Å². The summed E-state index contributed by atoms with van der Waals surface area (Å²) in [6.45, 7) is 0.616. The van der Waals surface area contributed by atoms with Crippen molar-refractivity contribution in [2.45, 2.75) is 6.42 Å². The largest absolute Gasteiger partial charge is 0.497 e. The number of ether oxygens (including phenoxy) is 1. The SMILES string of the molecule is COc1ccc(C(=O)NCCCN=[N+]=[N-])c(F)c1. The lowest BCUT2D eigenvalue weighted by Gasteiger charge is -2.06. The van der Waals surface area contributed by atoms with Crippen molar-refractivity contribution >= 4 is 5.91 Å². The standard InChI is InChI=1S/C11H13FN4O2/c1-18-8-3-4-9(10(12)7-8)11(17)14-5-2-6-15-16-13/h3-4,7H,2,5-6H2,1H3,(H,14,17). The minimum absolute atomic E-state index is 0.0421. The van der Waals surface area contributed by atoms with Gasteiger partial charge in [-0.25, -0.2) is 4.39 Å². The van der Waals surface area contributed by atoms with Gasteiger partial charge in [-0.2, -0.15) is 0 Å². The molecule has 1 aromatic rings. The highest BCUT2D eigenvalue weighted by Gasteiger charge is 2.11. The molecule has 0 aromatic heterocycles. The molecule has 1 aromatic carbocycles. The van der Waals surface area contributed by atoms with Crippen molar-refractivity contribution in [3.8, 4) is 5.75 Å². The van der Waals surface area contributed by atoms with Crippen molar-refractivity contribution in [3.63, 3.8) is 0 Å². The second kappa shape index (κ2) is 7.13. The van der Waals surface area contributed by atoms with Crippen LogP contribution in [0.3, 0.4) is 0 Å². The summed E-state index contributed by atoms with van der Waals surface area (Å²) in [6, 6.07) is 4.02. The minimum Gasteiger partial charge on any atom is -0.497 e. The van der Waals surface area contributed by atoms with Crippen molar-refractivity contribution < 1.29 is 13.9 Å². The highest BCUT2D eigenvalue weighted by atomic mass is 19.1. The first-order valence-corrected chi connectivity index (χ1v) is 5.31. The quantitative estimate of drug-likeness (QED) is 0.364. The van der Waals surface area contributed by atoms with Crippen LogP contribution in [0.5, 0.6) is 5.75 Å². The molecule has 0 heterocycles. The molecule has 0 aliphatic heterocycles. The van der Waals surface area contributed by atoms with E-state index in [9.17, 15) is 9.18 Å². The van der Waals surface area contributed by atoms with Crippen LogP contribution in [0.25, 0.3) is 10.4 Å². The van der Waals surface area contributed by atoms with Gasteiger partial charge >= 0.3 is 0 Å². The molecule has 96 valence electrons. The Morgan fingerprint density at radius 3 is 3.00 bits per heavy atom. The average Bonchev–Trinajstić information content (AvgIpc) is 2.38. The number of benzene rings is 1. The fourth-order valence-corrected chi connectivity index (χ4v) is 1.30. The van der Waals surface area contributed by atoms with E-state index in [4.69, 9.17) is 10.3 Å². The van der Waals surface area contributed by atoms with Crippen molar-refractivity contribution in [2.75, 3.05) is 20.2 Å². The molecule has 1 N–H and O–H groups in total. The van der Waals surface area contributed by atoms with Crippen LogP contribution in [0.1, 0.15) is 16.8 Å². The van der Waals surface area contributed by atoms with Crippen molar-refractivity contribution in [1.82, 2.24) is 5.32 Å². The topological polar surface area (TPSA) is 87.1 Å². The molecule has 1 amide bonds. The van der Waals surface area contributed by atoms with Crippen LogP contribution < -0.4 is 10.1 Å². The predicted molar refractivity (Wildman–Crippen MR) is 63.9 cm³/mol. The zero-order chi connectivity index (χ0) is 13.4. The zero-order valence-corrected chi connectivity index (χ0v) is 9.89. The summed E-state index contributed by atoms with van der Waals surface area (Å²) in [5.41, 5.74) is 8.01. The second-order valence-corrected chi connectivity index (χ2v) is 3.41. The number of carbonyl (C=O) groups is 1. The fourth-order valence-electron chi connectivity index (χ4n) is 1.30. The van der Waals surface area contributed by atoms with Gasteiger partial charge < -0.3 is 10.1 Å². The van der Waals surface area contributed by atoms with E-state index < -0.39 is 11.7 Å². The van der Waals surface area contributed by atoms with E-state index in [-0.39, 0.29) is 5.56 Å². The Bertz CT molecular complexity index is 472. The third-order valence-corrected chi connectivity index (χ3v) is 2.20. The molecule has 0 spiro atoms. The minimum atomic E-state index is -0.637. The number of nitrogens with zero attached hydrogens (tertiary/aromatic N) is 3. The van der Waals surface area contributed by atoms with Crippen LogP contribution in [0.2, 0.25) is 0 Å². The first kappa shape index (κ1) is 13.8. The van der Waals surface area contributed by atoms with Gasteiger partial charge in [-0.15, -0.1) is 0 Å². The maximum absolute atomic E-state index is 13.5. The maximum Gasteiger partial charge on any atom is 0.254 e. The highest BCUT2D eigenvalue weighted by Crippen LogP contribution is 2.15. The summed E-state index contributed by atoms with van der Waals surface area (Å²) in [5, 5.41) is 5.85. The molecule has 0 aliphatic rings. The Labute approximate surface area is 103 Å². The lowest BCUT2D eigenvalue weighted by Crippen LogP contribution is -2.25. The van der Waals surface area contributed by atoms with Crippen LogP contribution in [-0.4, -0.2) is 26.1 Å². The fraction of sp³-hybridized carbons (Fsp3) is 0.364. The number of amides is 1. The van der Waals surface area contributed by atoms with Crippen molar-refractivity contribution in [1.29, 1.82) is 0 Å². The zero-order valence-electron chi connectivity index (χ0n) is 9.89. The molecular weight excluding hydrogens is 239 g/mol. The lowest BCUT2D eigenvalue weighted by molar-refractivity contribution is 0.0949. The number of nitrogens with one attached hydrogen (secondary N) is 1. The smallest absolute Gasteiger partial charge is 0.254 e. The van der Waals surface area contributed by atoms with E-state index in [1.165, 1.54) is 19.2 Å². The number of hydrogen-bond donors (Lipinski definition) is 1. The lowest BCUT2D eigenvalue weighted by atomic mass is 10.2. The van der Waals surface area contributed by atoms with Gasteiger partial charge in [0, 0.05) is 24.1 Å². The molecule has 0 unspecified atom stereocenters. The van der Waals surface area contributed by atoms with Crippen LogP contribution in [0, 0.1) is 5.82 Å². The monoisotopic (exact) mass is 252 g/mol. The molecule has 0 radical (unpaired) electrons. The van der Waals surface area contributed by atoms with Gasteiger partial charge in [-0.1, -0.05) is 5.11 Å². The van der Waals surface area contributed by atoms with Gasteiger partial charge in [0.15, 0.2) is 0 Å². The number of hydrogen-bond acceptors (Lipinski definition) is 3. The Morgan fingerprint density at radius 2 is 2.39 bits per heavy atom. The van der Waals surface area contributed by atoms with E-state index in [0.29, 0.717) is 25.3 Å². The van der Waals surface area contributed by atoms with Crippen molar-refractivity contribution in [2.24, 2.45) is 5.11 Å². The number of rotatable bonds is 6. The molecule has 0 aliphatic carbocycles. The predicted octanol–water partition coefficient (Wildman–Crippen LogP) is 2.26. The van der Waals surface area contributed by atoms with Gasteiger partial charge in [0.1, 0.15) is 11.6 Å². The van der Waals surface area contributed by atoms with E-state index >= 15 is 0 Å². The molecule has 18 heavy (non-hydrogen) atoms. The van der Waals surface area contributed by atoms with E-state index in [0.717, 1.165) is 6.07 Å². The summed E-state index contributed by atoms with van der Waals surface area (Å²) in [5.74, 6) is -0.787. The number of halogens is 1. The number of carbonyl (C=O) groups excluding carboxylic acids is 1. The van der Waals surface area contributed by atoms with E-state index in [1.54, 1.807) is 0 Å². The Balaban J connectivity index is 2.53. The summed E-state index contributed by atoms with van der Waals surface area (Å²) >= 11 is 0. The normalized spacial score (nSPS) is 9.44. The number of methoxy groups -OCH3 is 1. The first-order valence-electron chi connectivity index (χ1n) is 5.31. The van der Waals surface area contributed by atoms with Crippen LogP contribution >= 0.6 is 0 Å². The Kier molecular flexibility index (Phi) is 5.47. The maximum atomic E-state index is 13.5. The second-order valence-electron chi connectivity index (χ2n) is 3.41. The van der Waals surface area contributed by atoms with Crippen molar-refractivity contribution in [3.05, 3.63) is 40.0 Å². The molecule has 0 saturated heterocycles. The molecule has 1 rings (SSSR count). The molecular formula is C11H13FN4O2. The molecule has 0 bridgehead atoms. The van der Waals surface area contributed by atoms with Gasteiger partial charge in [-0.3, -0.25) is 4.79 Å². The average molecular weight is 252 g/mol. The third kappa shape index (κ3) is 3.95. The molecule has 0 saturated carbocycles. The Hall–Kier alpha value is -2.27. The Morgan fingerprint density at radius 1 is 1.61 bits per heavy atom. The molecule has 6 nitrogen and oxygen atoms in total. The summed E-state index contributed by atoms with van der Waals surface area (Å²) < 4.78 is 18.3. The van der Waals surface area contributed by atoms with E-state index in [1.807, 2.05) is 0 Å². The molecule has 0 atom stereocenters. The molecule has 7 heteroatoms. The first-order chi connectivity index (χ1) is 8.69. The van der Waals surface area contributed by atoms with E-state index in [2.05, 4.69) is 15.3 Å². The third-order valence-electron chi connectivity index (χ3n) is 2.20. The van der Waals surface area contributed by atoms with Crippen LogP contribution in [-0.2, 0) is 0 Å². The highest BCUT2D eigenvalue weighted by molar-refractivity contribution is 5.94. The van der Waals surface area contributed by atoms with Gasteiger partial charge in [0.2, 0.25) is 0 Å². The van der Waals surface area contributed by atoms with Gasteiger partial charge in [-0.05, 0) is 24.1 Å². The molecule has 0 fully saturated rings. The van der Waals surface area contributed by atoms with Crippen LogP contribution in [0.15, 0.2) is 23.3 Å². The summed E-state index contributed by atoms with van der Waals surface area (Å²) in [4.78, 5) is 14.2. The summed E-state index contributed by atoms with van der Waals surface area (Å²) in [7, 11) is 1.42.